The molecule has 2 aromatic rings. The van der Waals surface area contributed by atoms with Crippen LogP contribution < -0.4 is 10.1 Å². The van der Waals surface area contributed by atoms with Crippen LogP contribution in [0, 0.1) is 6.92 Å². The Morgan fingerprint density at radius 3 is 2.57 bits per heavy atom. The number of hydrogen-bond acceptors (Lipinski definition) is 4. The number of ether oxygens (including phenoxy) is 1. The molecule has 0 spiro atoms. The summed E-state index contributed by atoms with van der Waals surface area (Å²) < 4.78 is 32.8. The second kappa shape index (κ2) is 9.37. The van der Waals surface area contributed by atoms with Crippen LogP contribution >= 0.6 is 11.6 Å². The number of carbonyl (C=O) groups is 1. The summed E-state index contributed by atoms with van der Waals surface area (Å²) in [5.41, 5.74) is 1.95. The maximum Gasteiger partial charge on any atom is 0.243 e. The molecule has 1 aliphatic heterocycles. The summed E-state index contributed by atoms with van der Waals surface area (Å²) in [6.45, 7) is 4.26. The Labute approximate surface area is 183 Å². The van der Waals surface area contributed by atoms with Crippen LogP contribution in [0.2, 0.25) is 5.02 Å². The zero-order valence-corrected chi connectivity index (χ0v) is 19.0. The van der Waals surface area contributed by atoms with Crippen molar-refractivity contribution in [2.24, 2.45) is 0 Å². The van der Waals surface area contributed by atoms with Gasteiger partial charge in [0.05, 0.1) is 18.0 Å². The normalized spacial score (nSPS) is 18.2. The monoisotopic (exact) mass is 450 g/mol. The number of benzene rings is 2. The molecular formula is C22H27ClN2O4S. The highest BCUT2D eigenvalue weighted by Crippen LogP contribution is 2.29. The van der Waals surface area contributed by atoms with Crippen LogP contribution in [0.1, 0.15) is 43.4 Å². The van der Waals surface area contributed by atoms with Gasteiger partial charge in [-0.2, -0.15) is 4.31 Å². The lowest BCUT2D eigenvalue weighted by Crippen LogP contribution is -2.46. The van der Waals surface area contributed by atoms with Crippen molar-refractivity contribution in [1.29, 1.82) is 0 Å². The molecule has 1 heterocycles. The molecule has 0 bridgehead atoms. The van der Waals surface area contributed by atoms with E-state index >= 15 is 0 Å². The minimum absolute atomic E-state index is 0.143. The van der Waals surface area contributed by atoms with Gasteiger partial charge in [-0.25, -0.2) is 8.42 Å². The Bertz CT molecular complexity index is 1010. The molecule has 0 unspecified atom stereocenters. The van der Waals surface area contributed by atoms with Gasteiger partial charge in [0.25, 0.3) is 0 Å². The van der Waals surface area contributed by atoms with E-state index < -0.39 is 16.1 Å². The summed E-state index contributed by atoms with van der Waals surface area (Å²) >= 11 is 5.88. The number of carbonyl (C=O) groups excluding carboxylic acids is 1. The lowest BCUT2D eigenvalue weighted by molar-refractivity contribution is -0.125. The number of nitrogens with zero attached hydrogens (tertiary/aromatic N) is 1. The fourth-order valence-corrected chi connectivity index (χ4v) is 5.62. The Balaban J connectivity index is 1.79. The molecule has 6 nitrogen and oxygen atoms in total. The molecule has 1 N–H and O–H groups in total. The van der Waals surface area contributed by atoms with E-state index in [0.717, 1.165) is 16.9 Å². The molecule has 2 aromatic carbocycles. The first-order valence-electron chi connectivity index (χ1n) is 10.00. The summed E-state index contributed by atoms with van der Waals surface area (Å²) in [7, 11) is -2.15. The quantitative estimate of drug-likeness (QED) is 0.689. The van der Waals surface area contributed by atoms with E-state index in [1.165, 1.54) is 16.4 Å². The molecule has 30 heavy (non-hydrogen) atoms. The van der Waals surface area contributed by atoms with Crippen molar-refractivity contribution < 1.29 is 17.9 Å². The Morgan fingerprint density at radius 1 is 1.27 bits per heavy atom. The molecular weight excluding hydrogens is 424 g/mol. The molecule has 0 aliphatic carbocycles. The van der Waals surface area contributed by atoms with E-state index in [9.17, 15) is 13.2 Å². The van der Waals surface area contributed by atoms with Gasteiger partial charge in [-0.1, -0.05) is 30.7 Å². The van der Waals surface area contributed by atoms with Gasteiger partial charge < -0.3 is 10.1 Å². The summed E-state index contributed by atoms with van der Waals surface area (Å²) in [6.07, 6.45) is 1.83. The van der Waals surface area contributed by atoms with Gasteiger partial charge in [0.15, 0.2) is 0 Å². The maximum absolute atomic E-state index is 13.1. The number of nitrogens with one attached hydrogen (secondary N) is 1. The minimum Gasteiger partial charge on any atom is -0.496 e. The number of amides is 1. The van der Waals surface area contributed by atoms with Gasteiger partial charge in [0, 0.05) is 11.6 Å². The molecule has 2 atom stereocenters. The van der Waals surface area contributed by atoms with Crippen molar-refractivity contribution in [3.63, 3.8) is 0 Å². The van der Waals surface area contributed by atoms with Gasteiger partial charge in [-0.3, -0.25) is 4.79 Å². The summed E-state index contributed by atoms with van der Waals surface area (Å²) in [4.78, 5) is 13.2. The predicted molar refractivity (Wildman–Crippen MR) is 117 cm³/mol. The Hall–Kier alpha value is -2.09. The van der Waals surface area contributed by atoms with Crippen molar-refractivity contribution in [2.75, 3.05) is 13.7 Å². The van der Waals surface area contributed by atoms with Gasteiger partial charge in [-0.15, -0.1) is 0 Å². The highest BCUT2D eigenvalue weighted by Gasteiger charge is 2.39. The fraction of sp³-hybridized carbons (Fsp3) is 0.409. The molecule has 1 aliphatic rings. The number of aryl methyl sites for hydroxylation is 1. The number of methoxy groups -OCH3 is 1. The highest BCUT2D eigenvalue weighted by molar-refractivity contribution is 7.89. The number of halogens is 1. The van der Waals surface area contributed by atoms with Gasteiger partial charge in [-0.05, 0) is 67.6 Å². The molecule has 0 aromatic heterocycles. The first kappa shape index (κ1) is 22.6. The largest absolute Gasteiger partial charge is 0.496 e. The van der Waals surface area contributed by atoms with E-state index in [0.29, 0.717) is 30.8 Å². The molecule has 3 rings (SSSR count). The van der Waals surface area contributed by atoms with Crippen LogP contribution in [-0.2, 0) is 14.8 Å². The number of sulfonamides is 1. The molecule has 1 saturated heterocycles. The smallest absolute Gasteiger partial charge is 0.243 e. The molecule has 1 fully saturated rings. The minimum atomic E-state index is -3.78. The molecule has 0 radical (unpaired) electrons. The number of hydrogen-bond donors (Lipinski definition) is 1. The second-order valence-corrected chi connectivity index (χ2v) is 9.75. The molecule has 162 valence electrons. The highest BCUT2D eigenvalue weighted by atomic mass is 35.5. The van der Waals surface area contributed by atoms with Crippen molar-refractivity contribution in [3.05, 3.63) is 58.6 Å². The van der Waals surface area contributed by atoms with Crippen LogP contribution in [0.5, 0.6) is 5.75 Å². The van der Waals surface area contributed by atoms with E-state index in [4.69, 9.17) is 16.3 Å². The summed E-state index contributed by atoms with van der Waals surface area (Å²) in [5, 5.41) is 3.51. The van der Waals surface area contributed by atoms with Crippen LogP contribution in [0.15, 0.2) is 47.4 Å². The van der Waals surface area contributed by atoms with Gasteiger partial charge in [0.1, 0.15) is 11.8 Å². The standard InChI is InChI=1S/C22H27ClN2O4S/c1-4-19(16-7-12-21(29-3)15(2)14-16)24-22(26)20-6-5-13-25(20)30(27,28)18-10-8-17(23)9-11-18/h7-12,14,19-20H,4-6,13H2,1-3H3,(H,24,26)/t19-,20+/m0/s1. The Morgan fingerprint density at radius 2 is 1.97 bits per heavy atom. The van der Waals surface area contributed by atoms with Crippen LogP contribution in [0.3, 0.4) is 0 Å². The van der Waals surface area contributed by atoms with Crippen molar-refractivity contribution in [1.82, 2.24) is 9.62 Å². The molecule has 8 heteroatoms. The van der Waals surface area contributed by atoms with Crippen molar-refractivity contribution >= 4 is 27.5 Å². The van der Waals surface area contributed by atoms with Crippen molar-refractivity contribution in [3.8, 4) is 5.75 Å². The lowest BCUT2D eigenvalue weighted by atomic mass is 10.0. The average Bonchev–Trinajstić information content (AvgIpc) is 3.23. The second-order valence-electron chi connectivity index (χ2n) is 7.43. The predicted octanol–water partition coefficient (Wildman–Crippen LogP) is 4.08. The summed E-state index contributed by atoms with van der Waals surface area (Å²) in [5.74, 6) is 0.515. The average molecular weight is 451 g/mol. The van der Waals surface area contributed by atoms with E-state index in [1.54, 1.807) is 19.2 Å². The van der Waals surface area contributed by atoms with E-state index in [1.807, 2.05) is 32.0 Å². The van der Waals surface area contributed by atoms with Gasteiger partial charge in [0.2, 0.25) is 15.9 Å². The topological polar surface area (TPSA) is 75.7 Å². The van der Waals surface area contributed by atoms with Gasteiger partial charge >= 0.3 is 0 Å². The first-order valence-corrected chi connectivity index (χ1v) is 11.8. The lowest BCUT2D eigenvalue weighted by Gasteiger charge is -2.26. The SMILES string of the molecule is CC[C@H](NC(=O)[C@H]1CCCN1S(=O)(=O)c1ccc(Cl)cc1)c1ccc(OC)c(C)c1. The first-order chi connectivity index (χ1) is 14.3. The Kier molecular flexibility index (Phi) is 7.06. The zero-order valence-electron chi connectivity index (χ0n) is 17.4. The van der Waals surface area contributed by atoms with Crippen LogP contribution in [-0.4, -0.2) is 38.3 Å². The maximum atomic E-state index is 13.1. The molecule has 0 saturated carbocycles. The number of rotatable bonds is 7. The van der Waals surface area contributed by atoms with E-state index in [-0.39, 0.29) is 16.8 Å². The van der Waals surface area contributed by atoms with Crippen LogP contribution in [0.25, 0.3) is 0 Å². The zero-order chi connectivity index (χ0) is 21.9. The van der Waals surface area contributed by atoms with E-state index in [2.05, 4.69) is 5.32 Å². The fourth-order valence-electron chi connectivity index (χ4n) is 3.84. The third kappa shape index (κ3) is 4.63. The molecule has 1 amide bonds. The third-order valence-corrected chi connectivity index (χ3v) is 7.65. The van der Waals surface area contributed by atoms with Crippen molar-refractivity contribution in [2.45, 2.75) is 50.1 Å². The van der Waals surface area contributed by atoms with Crippen LogP contribution in [0.4, 0.5) is 0 Å². The summed E-state index contributed by atoms with van der Waals surface area (Å²) in [6, 6.07) is 10.9. The third-order valence-electron chi connectivity index (χ3n) is 5.47.